The van der Waals surface area contributed by atoms with Crippen molar-refractivity contribution >= 4 is 17.6 Å². The summed E-state index contributed by atoms with van der Waals surface area (Å²) in [5, 5.41) is 8.70. The van der Waals surface area contributed by atoms with Crippen LogP contribution in [0.2, 0.25) is 0 Å². The molecule has 62 valence electrons. The molecule has 0 heterocycles. The monoisotopic (exact) mass is 176 g/mol. The minimum absolute atomic E-state index is 0.176. The summed E-state index contributed by atoms with van der Waals surface area (Å²) in [7, 11) is 0. The molecule has 1 N–H and O–H groups in total. The average Bonchev–Trinajstić information content (AvgIpc) is 2.01. The summed E-state index contributed by atoms with van der Waals surface area (Å²) in [5.41, 5.74) is 0.947. The Morgan fingerprint density at radius 1 is 1.73 bits per heavy atom. The van der Waals surface area contributed by atoms with Gasteiger partial charge >= 0.3 is 5.97 Å². The lowest BCUT2D eigenvalue weighted by atomic mass is 10.5. The van der Waals surface area contributed by atoms with Crippen molar-refractivity contribution in [3.05, 3.63) is 23.4 Å². The lowest BCUT2D eigenvalue weighted by Gasteiger charge is -1.98. The van der Waals surface area contributed by atoms with Gasteiger partial charge in [0.15, 0.2) is 0 Å². The molecule has 0 radical (unpaired) electrons. The number of aliphatic hydroxyl groups is 1. The van der Waals surface area contributed by atoms with Gasteiger partial charge in [-0.15, -0.1) is 0 Å². The molecule has 0 saturated carbocycles. The Morgan fingerprint density at radius 3 is 2.82 bits per heavy atom. The van der Waals surface area contributed by atoms with Gasteiger partial charge in [-0.3, -0.25) is 0 Å². The summed E-state index contributed by atoms with van der Waals surface area (Å²) in [4.78, 5) is 10.6. The summed E-state index contributed by atoms with van der Waals surface area (Å²) in [6, 6.07) is 0. The maximum Gasteiger partial charge on any atom is 0.330 e. The van der Waals surface area contributed by atoms with Gasteiger partial charge in [-0.05, 0) is 6.92 Å². The van der Waals surface area contributed by atoms with Crippen LogP contribution in [0.15, 0.2) is 23.4 Å². The highest BCUT2D eigenvalue weighted by molar-refractivity contribution is 6.25. The molecule has 0 bridgehead atoms. The molecule has 0 aliphatic carbocycles. The number of esters is 1. The predicted molar refractivity (Wildman–Crippen MR) is 42.3 cm³/mol. The Labute approximate surface area is 69.9 Å². The molecule has 0 aliphatic rings. The number of rotatable bonds is 3. The van der Waals surface area contributed by atoms with Crippen molar-refractivity contribution in [2.24, 2.45) is 0 Å². The normalized spacial score (nSPS) is 12.0. The van der Waals surface area contributed by atoms with Gasteiger partial charge in [0.2, 0.25) is 0 Å². The van der Waals surface area contributed by atoms with Crippen LogP contribution in [0, 0.1) is 0 Å². The van der Waals surface area contributed by atoms with Gasteiger partial charge in [-0.25, -0.2) is 4.79 Å². The number of hydrogen-bond acceptors (Lipinski definition) is 3. The Kier molecular flexibility index (Phi) is 5.29. The minimum atomic E-state index is -0.502. The number of allylic oxidation sites excluding steroid dienone is 1. The first-order valence-corrected chi connectivity index (χ1v) is 3.42. The van der Waals surface area contributed by atoms with E-state index in [1.165, 1.54) is 6.08 Å². The molecule has 11 heavy (non-hydrogen) atoms. The molecule has 4 heteroatoms. The zero-order valence-corrected chi connectivity index (χ0v) is 6.84. The van der Waals surface area contributed by atoms with Crippen molar-refractivity contribution in [2.45, 2.75) is 6.92 Å². The van der Waals surface area contributed by atoms with Crippen LogP contribution in [0.3, 0.4) is 0 Å². The fraction of sp³-hybridized carbons (Fsp3) is 0.286. The maximum atomic E-state index is 10.6. The van der Waals surface area contributed by atoms with E-state index in [0.717, 1.165) is 5.54 Å². The Hall–Kier alpha value is -0.960. The smallest absolute Gasteiger partial charge is 0.330 e. The highest BCUT2D eigenvalue weighted by atomic mass is 35.5. The Bertz CT molecular complexity index is 184. The molecule has 0 aliphatic heterocycles. The van der Waals surface area contributed by atoms with E-state index < -0.39 is 5.97 Å². The highest BCUT2D eigenvalue weighted by Crippen LogP contribution is 1.93. The third-order valence-corrected chi connectivity index (χ3v) is 1.04. The summed E-state index contributed by atoms with van der Waals surface area (Å²) in [5.74, 6) is -0.679. The largest absolute Gasteiger partial charge is 0.508 e. The lowest BCUT2D eigenvalue weighted by Crippen LogP contribution is -2.03. The Balaban J connectivity index is 3.63. The fourth-order valence-corrected chi connectivity index (χ4v) is 0.424. The minimum Gasteiger partial charge on any atom is -0.508 e. The van der Waals surface area contributed by atoms with E-state index in [1.807, 2.05) is 0 Å². The van der Waals surface area contributed by atoms with Crippen molar-refractivity contribution < 1.29 is 14.6 Å². The number of carbonyl (C=O) groups is 1. The first-order valence-electron chi connectivity index (χ1n) is 2.98. The third-order valence-electron chi connectivity index (χ3n) is 0.791. The van der Waals surface area contributed by atoms with Crippen molar-refractivity contribution in [3.63, 3.8) is 0 Å². The molecule has 0 spiro atoms. The molecule has 0 saturated heterocycles. The van der Waals surface area contributed by atoms with E-state index in [0.29, 0.717) is 0 Å². The molecule has 0 aromatic heterocycles. The van der Waals surface area contributed by atoms with Gasteiger partial charge in [-0.2, -0.15) is 0 Å². The van der Waals surface area contributed by atoms with E-state index >= 15 is 0 Å². The highest BCUT2D eigenvalue weighted by Gasteiger charge is 1.97. The maximum absolute atomic E-state index is 10.6. The number of halogens is 1. The number of ether oxygens (including phenoxy) is 1. The summed E-state index contributed by atoms with van der Waals surface area (Å²) < 4.78 is 4.51. The molecule has 0 fully saturated rings. The van der Waals surface area contributed by atoms with Crippen LogP contribution >= 0.6 is 11.6 Å². The average molecular weight is 177 g/mol. The predicted octanol–water partition coefficient (Wildman–Crippen LogP) is 1.74. The first kappa shape index (κ1) is 10.0. The van der Waals surface area contributed by atoms with E-state index in [4.69, 9.17) is 16.7 Å². The van der Waals surface area contributed by atoms with Crippen molar-refractivity contribution in [1.82, 2.24) is 0 Å². The van der Waals surface area contributed by atoms with Crippen LogP contribution < -0.4 is 0 Å². The second-order valence-electron chi connectivity index (χ2n) is 1.71. The lowest BCUT2D eigenvalue weighted by molar-refractivity contribution is -0.137. The molecular formula is C7H9ClO3. The van der Waals surface area contributed by atoms with Gasteiger partial charge in [0.25, 0.3) is 0 Å². The second kappa shape index (κ2) is 5.80. The zero-order valence-electron chi connectivity index (χ0n) is 6.08. The molecule has 0 rings (SSSR count). The van der Waals surface area contributed by atoms with Crippen LogP contribution in [0.1, 0.15) is 6.92 Å². The number of aliphatic hydroxyl groups excluding tert-OH is 1. The van der Waals surface area contributed by atoms with E-state index in [9.17, 15) is 4.79 Å². The quantitative estimate of drug-likeness (QED) is 0.405. The standard InChI is InChI=1S/C7H9ClO3/c1-2-3-7(10)11-5-6(9)4-8/h2-4,9H,5H2,1H3. The first-order chi connectivity index (χ1) is 5.20. The van der Waals surface area contributed by atoms with Crippen molar-refractivity contribution in [3.8, 4) is 0 Å². The molecular weight excluding hydrogens is 168 g/mol. The Morgan fingerprint density at radius 2 is 2.36 bits per heavy atom. The van der Waals surface area contributed by atoms with Crippen LogP contribution in [0.4, 0.5) is 0 Å². The molecule has 0 atom stereocenters. The van der Waals surface area contributed by atoms with Crippen LogP contribution in [0.5, 0.6) is 0 Å². The van der Waals surface area contributed by atoms with Gasteiger partial charge in [0, 0.05) is 11.6 Å². The molecule has 0 amide bonds. The van der Waals surface area contributed by atoms with Crippen molar-refractivity contribution in [1.29, 1.82) is 0 Å². The third kappa shape index (κ3) is 5.48. The van der Waals surface area contributed by atoms with Gasteiger partial charge < -0.3 is 9.84 Å². The molecule has 0 unspecified atom stereocenters. The summed E-state index contributed by atoms with van der Waals surface area (Å²) in [6.07, 6.45) is 2.80. The van der Waals surface area contributed by atoms with E-state index in [2.05, 4.69) is 4.74 Å². The van der Waals surface area contributed by atoms with Gasteiger partial charge in [-0.1, -0.05) is 17.7 Å². The fourth-order valence-electron chi connectivity index (χ4n) is 0.361. The summed E-state index contributed by atoms with van der Waals surface area (Å²) in [6.45, 7) is 1.51. The van der Waals surface area contributed by atoms with E-state index in [-0.39, 0.29) is 12.4 Å². The molecule has 0 aromatic carbocycles. The van der Waals surface area contributed by atoms with Gasteiger partial charge in [0.05, 0.1) is 0 Å². The zero-order chi connectivity index (χ0) is 8.69. The van der Waals surface area contributed by atoms with Crippen molar-refractivity contribution in [2.75, 3.05) is 6.61 Å². The molecule has 0 aromatic rings. The van der Waals surface area contributed by atoms with Crippen LogP contribution in [0.25, 0.3) is 0 Å². The van der Waals surface area contributed by atoms with Crippen LogP contribution in [-0.2, 0) is 9.53 Å². The topological polar surface area (TPSA) is 46.5 Å². The second-order valence-corrected chi connectivity index (χ2v) is 1.93. The molecule has 3 nitrogen and oxygen atoms in total. The van der Waals surface area contributed by atoms with Crippen LogP contribution in [-0.4, -0.2) is 17.7 Å². The number of hydrogen-bond donors (Lipinski definition) is 1. The SMILES string of the molecule is CC=CC(=O)OCC(O)=CCl. The van der Waals surface area contributed by atoms with Gasteiger partial charge in [0.1, 0.15) is 12.4 Å². The number of carbonyl (C=O) groups excluding carboxylic acids is 1. The van der Waals surface area contributed by atoms with E-state index in [1.54, 1.807) is 13.0 Å². The summed E-state index contributed by atoms with van der Waals surface area (Å²) >= 11 is 5.09.